The van der Waals surface area contributed by atoms with Crippen LogP contribution < -0.4 is 5.73 Å². The van der Waals surface area contributed by atoms with E-state index >= 15 is 0 Å². The third kappa shape index (κ3) is 7.33. The zero-order valence-electron chi connectivity index (χ0n) is 8.21. The van der Waals surface area contributed by atoms with E-state index in [0.29, 0.717) is 18.9 Å². The molecule has 0 aromatic carbocycles. The number of rotatable bonds is 6. The Morgan fingerprint density at radius 2 is 2.15 bits per heavy atom. The average Bonchev–Trinajstić information content (AvgIpc) is 2.11. The highest BCUT2D eigenvalue weighted by Crippen LogP contribution is 1.90. The molecule has 0 rings (SSSR count). The molecular weight excluding hydrogens is 170 g/mol. The van der Waals surface area contributed by atoms with Crippen LogP contribution in [0, 0.1) is 0 Å². The predicted molar refractivity (Wildman–Crippen MR) is 50.0 cm³/mol. The van der Waals surface area contributed by atoms with E-state index in [1.54, 1.807) is 0 Å². The van der Waals surface area contributed by atoms with Gasteiger partial charge in [-0.25, -0.2) is 4.79 Å². The predicted octanol–water partition coefficient (Wildman–Crippen LogP) is 0.819. The van der Waals surface area contributed by atoms with Crippen LogP contribution in [0.3, 0.4) is 0 Å². The van der Waals surface area contributed by atoms with E-state index < -0.39 is 5.97 Å². The summed E-state index contributed by atoms with van der Waals surface area (Å²) in [6.07, 6.45) is 2.07. The number of esters is 1. The molecule has 0 radical (unpaired) electrons. The molecule has 0 fully saturated rings. The number of nitrogens with two attached hydrogens (primary N) is 1. The summed E-state index contributed by atoms with van der Waals surface area (Å²) in [5.74, 6) is -0.404. The zero-order valence-corrected chi connectivity index (χ0v) is 8.21. The third-order valence-electron chi connectivity index (χ3n) is 1.22. The number of hydrogen-bond acceptors (Lipinski definition) is 4. The van der Waals surface area contributed by atoms with Crippen molar-refractivity contribution in [3.05, 3.63) is 11.8 Å². The van der Waals surface area contributed by atoms with Crippen molar-refractivity contribution < 1.29 is 14.3 Å². The van der Waals surface area contributed by atoms with E-state index in [1.165, 1.54) is 6.08 Å². The van der Waals surface area contributed by atoms with Crippen LogP contribution in [0.15, 0.2) is 11.8 Å². The monoisotopic (exact) mass is 187 g/mol. The maximum atomic E-state index is 10.9. The van der Waals surface area contributed by atoms with Crippen LogP contribution in [-0.2, 0) is 14.3 Å². The zero-order chi connectivity index (χ0) is 10.1. The average molecular weight is 187 g/mol. The van der Waals surface area contributed by atoms with Crippen LogP contribution in [0.5, 0.6) is 0 Å². The topological polar surface area (TPSA) is 61.5 Å². The van der Waals surface area contributed by atoms with E-state index in [1.807, 2.05) is 13.8 Å². The van der Waals surface area contributed by atoms with Crippen LogP contribution in [0.25, 0.3) is 0 Å². The molecule has 13 heavy (non-hydrogen) atoms. The standard InChI is InChI=1S/C9H17NO3/c1-3-5-13-9(11)6-8(10)7-12-4-2/h6H,3-5,7,10H2,1-2H3/b8-6-. The largest absolute Gasteiger partial charge is 0.462 e. The molecule has 0 aromatic rings. The van der Waals surface area contributed by atoms with Crippen LogP contribution in [0.4, 0.5) is 0 Å². The van der Waals surface area contributed by atoms with Gasteiger partial charge >= 0.3 is 5.97 Å². The first kappa shape index (κ1) is 12.0. The van der Waals surface area contributed by atoms with Gasteiger partial charge in [0.1, 0.15) is 0 Å². The van der Waals surface area contributed by atoms with Crippen molar-refractivity contribution in [2.45, 2.75) is 20.3 Å². The van der Waals surface area contributed by atoms with Gasteiger partial charge in [0.25, 0.3) is 0 Å². The molecule has 2 N–H and O–H groups in total. The van der Waals surface area contributed by atoms with Gasteiger partial charge in [0, 0.05) is 18.4 Å². The van der Waals surface area contributed by atoms with Crippen LogP contribution >= 0.6 is 0 Å². The Kier molecular flexibility index (Phi) is 7.01. The second-order valence-electron chi connectivity index (χ2n) is 2.52. The van der Waals surface area contributed by atoms with Crippen LogP contribution in [0.2, 0.25) is 0 Å². The minimum absolute atomic E-state index is 0.276. The maximum Gasteiger partial charge on any atom is 0.332 e. The Hall–Kier alpha value is -1.03. The first-order valence-electron chi connectivity index (χ1n) is 4.41. The summed E-state index contributed by atoms with van der Waals surface area (Å²) < 4.78 is 9.79. The number of carbonyl (C=O) groups excluding carboxylic acids is 1. The Labute approximate surface area is 78.7 Å². The van der Waals surface area contributed by atoms with Gasteiger partial charge < -0.3 is 15.2 Å². The number of ether oxygens (including phenoxy) is 2. The van der Waals surface area contributed by atoms with Crippen LogP contribution in [0.1, 0.15) is 20.3 Å². The van der Waals surface area contributed by atoms with Crippen molar-refractivity contribution in [3.8, 4) is 0 Å². The highest BCUT2D eigenvalue weighted by atomic mass is 16.5. The quantitative estimate of drug-likeness (QED) is 0.494. The highest BCUT2D eigenvalue weighted by molar-refractivity contribution is 5.82. The van der Waals surface area contributed by atoms with E-state index in [9.17, 15) is 4.79 Å². The molecule has 0 aliphatic carbocycles. The Morgan fingerprint density at radius 3 is 2.69 bits per heavy atom. The smallest absolute Gasteiger partial charge is 0.332 e. The molecule has 0 bridgehead atoms. The second kappa shape index (κ2) is 7.61. The molecule has 0 aliphatic heterocycles. The van der Waals surface area contributed by atoms with Crippen molar-refractivity contribution in [2.24, 2.45) is 5.73 Å². The molecule has 0 saturated carbocycles. The molecule has 4 nitrogen and oxygen atoms in total. The summed E-state index contributed by atoms with van der Waals surface area (Å²) in [6, 6.07) is 0. The van der Waals surface area contributed by atoms with E-state index in [4.69, 9.17) is 15.2 Å². The minimum Gasteiger partial charge on any atom is -0.462 e. The molecule has 0 unspecified atom stereocenters. The fourth-order valence-corrected chi connectivity index (χ4v) is 0.657. The fourth-order valence-electron chi connectivity index (χ4n) is 0.657. The van der Waals surface area contributed by atoms with Gasteiger partial charge in [-0.05, 0) is 13.3 Å². The van der Waals surface area contributed by atoms with Crippen molar-refractivity contribution in [1.82, 2.24) is 0 Å². The van der Waals surface area contributed by atoms with E-state index in [2.05, 4.69) is 0 Å². The molecule has 0 amide bonds. The van der Waals surface area contributed by atoms with Crippen LogP contribution in [-0.4, -0.2) is 25.8 Å². The van der Waals surface area contributed by atoms with Gasteiger partial charge in [0.15, 0.2) is 0 Å². The lowest BCUT2D eigenvalue weighted by Crippen LogP contribution is -2.11. The number of carbonyl (C=O) groups is 1. The molecule has 4 heteroatoms. The molecule has 0 heterocycles. The lowest BCUT2D eigenvalue weighted by molar-refractivity contribution is -0.137. The lowest BCUT2D eigenvalue weighted by atomic mass is 10.4. The van der Waals surface area contributed by atoms with Gasteiger partial charge in [0.2, 0.25) is 0 Å². The fraction of sp³-hybridized carbons (Fsp3) is 0.667. The van der Waals surface area contributed by atoms with E-state index in [-0.39, 0.29) is 6.61 Å². The second-order valence-corrected chi connectivity index (χ2v) is 2.52. The highest BCUT2D eigenvalue weighted by Gasteiger charge is 1.98. The summed E-state index contributed by atoms with van der Waals surface area (Å²) in [5.41, 5.74) is 5.86. The summed E-state index contributed by atoms with van der Waals surface area (Å²) in [4.78, 5) is 10.9. The summed E-state index contributed by atoms with van der Waals surface area (Å²) in [7, 11) is 0. The molecule has 0 spiro atoms. The normalized spacial score (nSPS) is 11.4. The van der Waals surface area contributed by atoms with Crippen molar-refractivity contribution in [3.63, 3.8) is 0 Å². The van der Waals surface area contributed by atoms with Gasteiger partial charge in [-0.1, -0.05) is 6.92 Å². The lowest BCUT2D eigenvalue weighted by Gasteiger charge is -2.01. The minimum atomic E-state index is -0.404. The Balaban J connectivity index is 3.70. The maximum absolute atomic E-state index is 10.9. The van der Waals surface area contributed by atoms with Gasteiger partial charge in [-0.15, -0.1) is 0 Å². The Morgan fingerprint density at radius 1 is 1.46 bits per heavy atom. The van der Waals surface area contributed by atoms with Crippen molar-refractivity contribution in [2.75, 3.05) is 19.8 Å². The van der Waals surface area contributed by atoms with Gasteiger partial charge in [-0.3, -0.25) is 0 Å². The molecular formula is C9H17NO3. The molecule has 0 saturated heterocycles. The SMILES string of the molecule is CCCOC(=O)/C=C(\N)COCC. The van der Waals surface area contributed by atoms with Gasteiger partial charge in [0.05, 0.1) is 13.2 Å². The van der Waals surface area contributed by atoms with Gasteiger partial charge in [-0.2, -0.15) is 0 Å². The first-order valence-corrected chi connectivity index (χ1v) is 4.41. The Bertz CT molecular complexity index is 178. The van der Waals surface area contributed by atoms with Crippen molar-refractivity contribution in [1.29, 1.82) is 0 Å². The molecule has 0 atom stereocenters. The summed E-state index contributed by atoms with van der Waals surface area (Å²) in [5, 5.41) is 0. The van der Waals surface area contributed by atoms with E-state index in [0.717, 1.165) is 6.42 Å². The first-order chi connectivity index (χ1) is 6.20. The summed E-state index contributed by atoms with van der Waals surface area (Å²) in [6.45, 7) is 5.08. The molecule has 76 valence electrons. The number of hydrogen-bond donors (Lipinski definition) is 1. The van der Waals surface area contributed by atoms with Crippen molar-refractivity contribution >= 4 is 5.97 Å². The molecule has 0 aliphatic rings. The molecule has 0 aromatic heterocycles. The third-order valence-corrected chi connectivity index (χ3v) is 1.22. The summed E-state index contributed by atoms with van der Waals surface area (Å²) >= 11 is 0.